The Labute approximate surface area is 191 Å². The van der Waals surface area contributed by atoms with Crippen LogP contribution in [0.2, 0.25) is 0 Å². The van der Waals surface area contributed by atoms with Gasteiger partial charge in [0, 0.05) is 5.69 Å². The Morgan fingerprint density at radius 2 is 1.76 bits per heavy atom. The number of hydrogen-bond donors (Lipinski definition) is 3. The number of nitrogens with one attached hydrogen (secondary N) is 3. The number of anilines is 2. The Bertz CT molecular complexity index is 1170. The Balaban J connectivity index is 1.43. The van der Waals surface area contributed by atoms with Gasteiger partial charge in [0.2, 0.25) is 0 Å². The fraction of sp³-hybridized carbons (Fsp3) is 0.250. The van der Waals surface area contributed by atoms with Crippen molar-refractivity contribution in [2.45, 2.75) is 39.3 Å². The minimum Gasteiger partial charge on any atom is -0.359 e. The van der Waals surface area contributed by atoms with Gasteiger partial charge in [-0.1, -0.05) is 54.5 Å². The molecule has 170 valence electrons. The van der Waals surface area contributed by atoms with Crippen molar-refractivity contribution in [2.75, 3.05) is 10.6 Å². The Kier molecular flexibility index (Phi) is 5.87. The normalized spacial score (nSPS) is 17.7. The first-order valence-electron chi connectivity index (χ1n) is 10.6. The second-order valence-electron chi connectivity index (χ2n) is 7.92. The molecule has 0 saturated carbocycles. The number of aryl methyl sites for hydroxylation is 2. The zero-order chi connectivity index (χ0) is 23.6. The van der Waals surface area contributed by atoms with Gasteiger partial charge in [-0.2, -0.15) is 0 Å². The lowest BCUT2D eigenvalue weighted by Gasteiger charge is -2.25. The highest BCUT2D eigenvalue weighted by Gasteiger charge is 2.51. The van der Waals surface area contributed by atoms with E-state index in [1.54, 1.807) is 38.1 Å². The maximum atomic E-state index is 13.3. The summed E-state index contributed by atoms with van der Waals surface area (Å²) in [6.07, 6.45) is 0.446. The highest BCUT2D eigenvalue weighted by molar-refractivity contribution is 6.07. The molecule has 33 heavy (non-hydrogen) atoms. The van der Waals surface area contributed by atoms with Gasteiger partial charge < -0.3 is 20.5 Å². The van der Waals surface area contributed by atoms with Crippen molar-refractivity contribution in [2.24, 2.45) is 0 Å². The molecule has 1 atom stereocenters. The molecule has 0 bridgehead atoms. The van der Waals surface area contributed by atoms with Crippen molar-refractivity contribution in [1.29, 1.82) is 0 Å². The number of urea groups is 2. The molecule has 3 N–H and O–H groups in total. The molecule has 0 radical (unpaired) electrons. The number of rotatable bonds is 6. The summed E-state index contributed by atoms with van der Waals surface area (Å²) in [5, 5.41) is 12.1. The molecular weight excluding hydrogens is 422 g/mol. The lowest BCUT2D eigenvalue weighted by atomic mass is 9.87. The predicted octanol–water partition coefficient (Wildman–Crippen LogP) is 4.29. The number of carbonyl (C=O) groups is 3. The van der Waals surface area contributed by atoms with Gasteiger partial charge in [0.15, 0.2) is 5.76 Å². The number of aromatic nitrogens is 1. The van der Waals surface area contributed by atoms with Crippen LogP contribution in [0.3, 0.4) is 0 Å². The lowest BCUT2D eigenvalue weighted by molar-refractivity contribution is -0.132. The monoisotopic (exact) mass is 447 g/mol. The van der Waals surface area contributed by atoms with Gasteiger partial charge in [0.25, 0.3) is 5.91 Å². The standard InChI is InChI=1S/C24H25N5O4/c1-4-24(18-8-6-5-7-9-18)21(30)29(23(32)27-24)14-17-10-12-19(13-11-17)25-22(31)26-20-15(2)28-33-16(20)3/h5-13H,4,14H2,1-3H3,(H,27,32)(H2,25,26,31). The zero-order valence-electron chi connectivity index (χ0n) is 18.6. The van der Waals surface area contributed by atoms with Crippen molar-refractivity contribution in [3.8, 4) is 0 Å². The van der Waals surface area contributed by atoms with Crippen molar-refractivity contribution in [1.82, 2.24) is 15.4 Å². The molecule has 1 unspecified atom stereocenters. The minimum absolute atomic E-state index is 0.130. The zero-order valence-corrected chi connectivity index (χ0v) is 18.6. The van der Waals surface area contributed by atoms with E-state index in [0.29, 0.717) is 29.2 Å². The van der Waals surface area contributed by atoms with Crippen LogP contribution in [0.25, 0.3) is 0 Å². The molecular formula is C24H25N5O4. The first-order chi connectivity index (χ1) is 15.8. The average Bonchev–Trinajstić information content (AvgIpc) is 3.26. The second-order valence-corrected chi connectivity index (χ2v) is 7.92. The van der Waals surface area contributed by atoms with E-state index >= 15 is 0 Å². The molecule has 1 saturated heterocycles. The predicted molar refractivity (Wildman–Crippen MR) is 123 cm³/mol. The topological polar surface area (TPSA) is 117 Å². The maximum Gasteiger partial charge on any atom is 0.325 e. The number of nitrogens with zero attached hydrogens (tertiary/aromatic N) is 2. The molecule has 0 spiro atoms. The molecule has 4 rings (SSSR count). The number of carbonyl (C=O) groups excluding carboxylic acids is 3. The highest BCUT2D eigenvalue weighted by atomic mass is 16.5. The van der Waals surface area contributed by atoms with Gasteiger partial charge in [-0.3, -0.25) is 9.69 Å². The third-order valence-electron chi connectivity index (χ3n) is 5.80. The molecule has 9 nitrogen and oxygen atoms in total. The molecule has 1 fully saturated rings. The first kappa shape index (κ1) is 22.1. The molecule has 1 aromatic heterocycles. The SMILES string of the molecule is CCC1(c2ccccc2)NC(=O)N(Cc2ccc(NC(=O)Nc3c(C)noc3C)cc2)C1=O. The van der Waals surface area contributed by atoms with E-state index in [1.807, 2.05) is 37.3 Å². The number of amides is 5. The van der Waals surface area contributed by atoms with Crippen LogP contribution in [-0.2, 0) is 16.9 Å². The van der Waals surface area contributed by atoms with Crippen LogP contribution in [0.15, 0.2) is 59.1 Å². The number of imide groups is 1. The van der Waals surface area contributed by atoms with Gasteiger partial charge >= 0.3 is 12.1 Å². The van der Waals surface area contributed by atoms with E-state index in [0.717, 1.165) is 11.1 Å². The van der Waals surface area contributed by atoms with Crippen LogP contribution >= 0.6 is 0 Å². The smallest absolute Gasteiger partial charge is 0.325 e. The summed E-state index contributed by atoms with van der Waals surface area (Å²) in [6.45, 7) is 5.46. The lowest BCUT2D eigenvalue weighted by Crippen LogP contribution is -2.43. The maximum absolute atomic E-state index is 13.3. The third kappa shape index (κ3) is 4.17. The molecule has 2 aromatic carbocycles. The Morgan fingerprint density at radius 1 is 1.06 bits per heavy atom. The van der Waals surface area contributed by atoms with E-state index in [-0.39, 0.29) is 12.5 Å². The van der Waals surface area contributed by atoms with Crippen LogP contribution in [0.4, 0.5) is 21.0 Å². The summed E-state index contributed by atoms with van der Waals surface area (Å²) in [7, 11) is 0. The van der Waals surface area contributed by atoms with Gasteiger partial charge in [0.05, 0.1) is 6.54 Å². The average molecular weight is 447 g/mol. The molecule has 1 aliphatic rings. The van der Waals surface area contributed by atoms with Crippen molar-refractivity contribution < 1.29 is 18.9 Å². The van der Waals surface area contributed by atoms with E-state index in [9.17, 15) is 14.4 Å². The summed E-state index contributed by atoms with van der Waals surface area (Å²) in [5.41, 5.74) is 2.14. The summed E-state index contributed by atoms with van der Waals surface area (Å²) in [5.74, 6) is 0.243. The van der Waals surface area contributed by atoms with E-state index in [1.165, 1.54) is 4.90 Å². The molecule has 5 amide bonds. The van der Waals surface area contributed by atoms with Gasteiger partial charge in [0.1, 0.15) is 16.9 Å². The third-order valence-corrected chi connectivity index (χ3v) is 5.80. The second kappa shape index (κ2) is 8.78. The highest BCUT2D eigenvalue weighted by Crippen LogP contribution is 2.33. The Hall–Kier alpha value is -4.14. The van der Waals surface area contributed by atoms with Crippen LogP contribution < -0.4 is 16.0 Å². The molecule has 0 aliphatic carbocycles. The molecule has 1 aliphatic heterocycles. The molecule has 2 heterocycles. The van der Waals surface area contributed by atoms with Crippen LogP contribution in [0.5, 0.6) is 0 Å². The van der Waals surface area contributed by atoms with E-state index in [2.05, 4.69) is 21.1 Å². The van der Waals surface area contributed by atoms with Gasteiger partial charge in [-0.25, -0.2) is 9.59 Å². The van der Waals surface area contributed by atoms with Gasteiger partial charge in [-0.05, 0) is 43.5 Å². The fourth-order valence-corrected chi connectivity index (χ4v) is 3.95. The van der Waals surface area contributed by atoms with Crippen molar-refractivity contribution in [3.05, 3.63) is 77.2 Å². The van der Waals surface area contributed by atoms with Gasteiger partial charge in [-0.15, -0.1) is 0 Å². The van der Waals surface area contributed by atoms with E-state index < -0.39 is 17.6 Å². The van der Waals surface area contributed by atoms with Crippen molar-refractivity contribution >= 4 is 29.3 Å². The van der Waals surface area contributed by atoms with Crippen LogP contribution in [-0.4, -0.2) is 28.0 Å². The molecule has 3 aromatic rings. The quantitative estimate of drug-likeness (QED) is 0.487. The van der Waals surface area contributed by atoms with Crippen LogP contribution in [0.1, 0.15) is 35.9 Å². The van der Waals surface area contributed by atoms with Crippen molar-refractivity contribution in [3.63, 3.8) is 0 Å². The Morgan fingerprint density at radius 3 is 2.36 bits per heavy atom. The number of benzene rings is 2. The molecule has 9 heteroatoms. The fourth-order valence-electron chi connectivity index (χ4n) is 3.95. The van der Waals surface area contributed by atoms with E-state index in [4.69, 9.17) is 4.52 Å². The summed E-state index contributed by atoms with van der Waals surface area (Å²) < 4.78 is 5.04. The summed E-state index contributed by atoms with van der Waals surface area (Å²) in [6, 6.07) is 15.4. The number of hydrogen-bond acceptors (Lipinski definition) is 5. The summed E-state index contributed by atoms with van der Waals surface area (Å²) in [4.78, 5) is 39.4. The largest absolute Gasteiger partial charge is 0.359 e. The van der Waals surface area contributed by atoms with Crippen LogP contribution in [0, 0.1) is 13.8 Å². The first-order valence-corrected chi connectivity index (χ1v) is 10.6. The minimum atomic E-state index is -1.06. The summed E-state index contributed by atoms with van der Waals surface area (Å²) >= 11 is 0.